The van der Waals surface area contributed by atoms with Gasteiger partial charge < -0.3 is 14.4 Å². The van der Waals surface area contributed by atoms with Crippen LogP contribution in [-0.2, 0) is 6.54 Å². The number of carbonyl (C=O) groups is 1. The number of aromatic carboxylic acids is 1. The first-order chi connectivity index (χ1) is 12.2. The Kier molecular flexibility index (Phi) is 3.86. The molecule has 1 aromatic heterocycles. The van der Waals surface area contributed by atoms with Crippen LogP contribution in [0, 0.1) is 0 Å². The van der Waals surface area contributed by atoms with E-state index >= 15 is 0 Å². The van der Waals surface area contributed by atoms with Gasteiger partial charge in [0.05, 0.1) is 17.6 Å². The zero-order valence-corrected chi connectivity index (χ0v) is 13.6. The van der Waals surface area contributed by atoms with Crippen molar-refractivity contribution >= 4 is 27.8 Å². The number of hydrogen-bond donors (Lipinski definition) is 1. The van der Waals surface area contributed by atoms with E-state index in [1.807, 2.05) is 48.5 Å². The number of benzene rings is 3. The van der Waals surface area contributed by atoms with E-state index in [1.165, 1.54) is 0 Å². The van der Waals surface area contributed by atoms with E-state index < -0.39 is 5.97 Å². The molecule has 0 aliphatic rings. The van der Waals surface area contributed by atoms with Crippen molar-refractivity contribution < 1.29 is 14.6 Å². The molecule has 4 aromatic rings. The maximum absolute atomic E-state index is 11.3. The summed E-state index contributed by atoms with van der Waals surface area (Å²) in [6.07, 6.45) is 0. The van der Waals surface area contributed by atoms with Crippen LogP contribution in [0.15, 0.2) is 72.8 Å². The van der Waals surface area contributed by atoms with E-state index in [0.29, 0.717) is 18.7 Å². The van der Waals surface area contributed by atoms with Crippen molar-refractivity contribution in [1.29, 1.82) is 0 Å². The Bertz CT molecular complexity index is 1050. The second kappa shape index (κ2) is 6.32. The third-order valence-electron chi connectivity index (χ3n) is 4.35. The molecule has 1 N–H and O–H groups in total. The molecule has 0 saturated carbocycles. The van der Waals surface area contributed by atoms with Gasteiger partial charge in [-0.1, -0.05) is 42.5 Å². The van der Waals surface area contributed by atoms with Gasteiger partial charge in [-0.3, -0.25) is 0 Å². The lowest BCUT2D eigenvalue weighted by Gasteiger charge is -2.10. The molecule has 0 spiro atoms. The summed E-state index contributed by atoms with van der Waals surface area (Å²) in [4.78, 5) is 11.3. The highest BCUT2D eigenvalue weighted by molar-refractivity contribution is 6.09. The number of fused-ring (bicyclic) bond motifs is 3. The summed E-state index contributed by atoms with van der Waals surface area (Å²) < 4.78 is 7.94. The van der Waals surface area contributed by atoms with Crippen LogP contribution < -0.4 is 4.74 Å². The molecule has 0 saturated heterocycles. The molecule has 0 unspecified atom stereocenters. The molecule has 0 fully saturated rings. The molecule has 0 aliphatic carbocycles. The van der Waals surface area contributed by atoms with Gasteiger partial charge in [-0.15, -0.1) is 0 Å². The van der Waals surface area contributed by atoms with Gasteiger partial charge in [0.1, 0.15) is 12.4 Å². The van der Waals surface area contributed by atoms with Gasteiger partial charge >= 0.3 is 5.97 Å². The number of rotatable bonds is 5. The van der Waals surface area contributed by atoms with E-state index in [1.54, 1.807) is 12.1 Å². The minimum Gasteiger partial charge on any atom is -0.492 e. The molecule has 0 aliphatic heterocycles. The molecule has 4 rings (SSSR count). The first-order valence-corrected chi connectivity index (χ1v) is 8.16. The van der Waals surface area contributed by atoms with Crippen LogP contribution in [0.3, 0.4) is 0 Å². The maximum Gasteiger partial charge on any atom is 0.335 e. The minimum atomic E-state index is -0.917. The molecular formula is C21H17NO3. The second-order valence-electron chi connectivity index (χ2n) is 5.87. The molecule has 0 bridgehead atoms. The highest BCUT2D eigenvalue weighted by Gasteiger charge is 2.13. The van der Waals surface area contributed by atoms with Crippen LogP contribution >= 0.6 is 0 Å². The van der Waals surface area contributed by atoms with Crippen molar-refractivity contribution in [2.24, 2.45) is 0 Å². The molecule has 3 aromatic carbocycles. The number of aromatic nitrogens is 1. The lowest BCUT2D eigenvalue weighted by Crippen LogP contribution is -2.08. The minimum absolute atomic E-state index is 0.292. The first kappa shape index (κ1) is 15.3. The van der Waals surface area contributed by atoms with Crippen LogP contribution in [0.2, 0.25) is 0 Å². The van der Waals surface area contributed by atoms with Crippen LogP contribution in [-0.4, -0.2) is 22.2 Å². The van der Waals surface area contributed by atoms with Crippen LogP contribution in [0.5, 0.6) is 5.75 Å². The first-order valence-electron chi connectivity index (χ1n) is 8.16. The van der Waals surface area contributed by atoms with Gasteiger partial charge in [-0.2, -0.15) is 0 Å². The van der Waals surface area contributed by atoms with E-state index in [-0.39, 0.29) is 0 Å². The molecule has 0 atom stereocenters. The molecular weight excluding hydrogens is 314 g/mol. The van der Waals surface area contributed by atoms with Gasteiger partial charge in [-0.05, 0) is 30.3 Å². The van der Waals surface area contributed by atoms with Crippen molar-refractivity contribution in [3.8, 4) is 5.75 Å². The second-order valence-corrected chi connectivity index (χ2v) is 5.87. The maximum atomic E-state index is 11.3. The fourth-order valence-electron chi connectivity index (χ4n) is 3.19. The lowest BCUT2D eigenvalue weighted by molar-refractivity contribution is 0.0697. The summed E-state index contributed by atoms with van der Waals surface area (Å²) in [6, 6.07) is 23.1. The fraction of sp³-hybridized carbons (Fsp3) is 0.0952. The summed E-state index contributed by atoms with van der Waals surface area (Å²) in [5.74, 6) is -0.0891. The number of carboxylic acids is 1. The quantitative estimate of drug-likeness (QED) is 0.583. The van der Waals surface area contributed by atoms with Crippen molar-refractivity contribution in [3.63, 3.8) is 0 Å². The number of hydrogen-bond acceptors (Lipinski definition) is 2. The Hall–Kier alpha value is -3.27. The molecule has 1 heterocycles. The number of para-hydroxylation sites is 2. The molecule has 0 radical (unpaired) electrons. The highest BCUT2D eigenvalue weighted by atomic mass is 16.5. The summed E-state index contributed by atoms with van der Waals surface area (Å²) in [5.41, 5.74) is 2.29. The van der Waals surface area contributed by atoms with Crippen LogP contribution in [0.25, 0.3) is 21.8 Å². The van der Waals surface area contributed by atoms with Gasteiger partial charge in [-0.25, -0.2) is 4.79 Å². The molecule has 25 heavy (non-hydrogen) atoms. The Morgan fingerprint density at radius 3 is 2.40 bits per heavy atom. The number of carboxylic acid groups (broad SMARTS) is 1. The lowest BCUT2D eigenvalue weighted by atomic mass is 10.1. The van der Waals surface area contributed by atoms with Crippen LogP contribution in [0.1, 0.15) is 10.4 Å². The predicted octanol–water partition coefficient (Wildman–Crippen LogP) is 4.57. The Morgan fingerprint density at radius 2 is 1.60 bits per heavy atom. The van der Waals surface area contributed by atoms with Gasteiger partial charge in [0.25, 0.3) is 0 Å². The van der Waals surface area contributed by atoms with Crippen molar-refractivity contribution in [3.05, 3.63) is 78.4 Å². The summed E-state index contributed by atoms with van der Waals surface area (Å²) in [5, 5.41) is 11.5. The topological polar surface area (TPSA) is 51.5 Å². The summed E-state index contributed by atoms with van der Waals surface area (Å²) in [6.45, 7) is 1.15. The predicted molar refractivity (Wildman–Crippen MR) is 98.3 cm³/mol. The van der Waals surface area contributed by atoms with E-state index in [0.717, 1.165) is 27.6 Å². The largest absolute Gasteiger partial charge is 0.492 e. The molecule has 0 amide bonds. The standard InChI is InChI=1S/C21H17NO3/c23-21(24)15-10-11-18-17-8-4-5-9-19(17)22(20(18)14-15)12-13-25-16-6-2-1-3-7-16/h1-11,14H,12-13H2,(H,23,24). The molecule has 124 valence electrons. The Balaban J connectivity index is 1.74. The van der Waals surface area contributed by atoms with Crippen molar-refractivity contribution in [2.45, 2.75) is 6.54 Å². The number of nitrogens with zero attached hydrogens (tertiary/aromatic N) is 1. The van der Waals surface area contributed by atoms with Crippen LogP contribution in [0.4, 0.5) is 0 Å². The summed E-state index contributed by atoms with van der Waals surface area (Å²) >= 11 is 0. The fourth-order valence-corrected chi connectivity index (χ4v) is 3.19. The Labute approximate surface area is 144 Å². The summed E-state index contributed by atoms with van der Waals surface area (Å²) in [7, 11) is 0. The number of ether oxygens (including phenoxy) is 1. The zero-order valence-electron chi connectivity index (χ0n) is 13.6. The van der Waals surface area contributed by atoms with Gasteiger partial charge in [0.2, 0.25) is 0 Å². The average Bonchev–Trinajstić information content (AvgIpc) is 2.96. The van der Waals surface area contributed by atoms with E-state index in [4.69, 9.17) is 4.74 Å². The third kappa shape index (κ3) is 2.83. The smallest absolute Gasteiger partial charge is 0.335 e. The average molecular weight is 331 g/mol. The van der Waals surface area contributed by atoms with Crippen molar-refractivity contribution in [1.82, 2.24) is 4.57 Å². The monoisotopic (exact) mass is 331 g/mol. The Morgan fingerprint density at radius 1 is 0.880 bits per heavy atom. The van der Waals surface area contributed by atoms with Gasteiger partial charge in [0, 0.05) is 16.3 Å². The van der Waals surface area contributed by atoms with Gasteiger partial charge in [0.15, 0.2) is 0 Å². The molecule has 4 heteroatoms. The van der Waals surface area contributed by atoms with Crippen molar-refractivity contribution in [2.75, 3.05) is 6.61 Å². The zero-order chi connectivity index (χ0) is 17.2. The van der Waals surface area contributed by atoms with E-state index in [2.05, 4.69) is 16.7 Å². The normalized spacial score (nSPS) is 11.0. The SMILES string of the molecule is O=C(O)c1ccc2c3ccccc3n(CCOc3ccccc3)c2c1. The van der Waals surface area contributed by atoms with E-state index in [9.17, 15) is 9.90 Å². The highest BCUT2D eigenvalue weighted by Crippen LogP contribution is 2.29. The molecule has 4 nitrogen and oxygen atoms in total. The third-order valence-corrected chi connectivity index (χ3v) is 4.35.